The van der Waals surface area contributed by atoms with Gasteiger partial charge in [0.1, 0.15) is 0 Å². The Morgan fingerprint density at radius 1 is 1.25 bits per heavy atom. The van der Waals surface area contributed by atoms with Gasteiger partial charge in [0.25, 0.3) is 0 Å². The van der Waals surface area contributed by atoms with Crippen LogP contribution in [0.2, 0.25) is 0 Å². The Bertz CT molecular complexity index is 773. The Kier molecular flexibility index (Phi) is 5.64. The highest BCUT2D eigenvalue weighted by Gasteiger charge is 2.36. The minimum absolute atomic E-state index is 0. The van der Waals surface area contributed by atoms with Crippen LogP contribution >= 0.6 is 12.4 Å². The minimum atomic E-state index is -3.59. The second-order valence-corrected chi connectivity index (χ2v) is 7.99. The maximum atomic E-state index is 12.5. The molecule has 0 bridgehead atoms. The third-order valence-corrected chi connectivity index (χ3v) is 6.04. The van der Waals surface area contributed by atoms with Crippen molar-refractivity contribution in [2.45, 2.75) is 42.7 Å². The van der Waals surface area contributed by atoms with Crippen molar-refractivity contribution in [3.8, 4) is 0 Å². The molecule has 0 atom stereocenters. The van der Waals surface area contributed by atoms with Crippen molar-refractivity contribution in [1.29, 1.82) is 0 Å². The van der Waals surface area contributed by atoms with E-state index in [9.17, 15) is 8.42 Å². The Hall–Kier alpha value is -1.48. The highest BCUT2D eigenvalue weighted by atomic mass is 35.5. The van der Waals surface area contributed by atoms with Gasteiger partial charge >= 0.3 is 0 Å². The zero-order chi connectivity index (χ0) is 16.5. The van der Waals surface area contributed by atoms with E-state index in [0.29, 0.717) is 5.82 Å². The molecule has 7 nitrogen and oxygen atoms in total. The van der Waals surface area contributed by atoms with Crippen molar-refractivity contribution in [2.24, 2.45) is 5.73 Å². The van der Waals surface area contributed by atoms with Gasteiger partial charge in [-0.3, -0.25) is 0 Å². The molecule has 1 saturated carbocycles. The number of hydrogen-bond acceptors (Lipinski definition) is 6. The molecule has 1 fully saturated rings. The SMILES string of the molecule is CN(Cc1nc(C2(N)CCCC2)no1)S(=O)(=O)c1ccccc1.Cl. The van der Waals surface area contributed by atoms with Gasteiger partial charge in [0.05, 0.1) is 17.0 Å². The molecule has 2 N–H and O–H groups in total. The fraction of sp³-hybridized carbons (Fsp3) is 0.467. The number of hydrogen-bond donors (Lipinski definition) is 1. The number of rotatable bonds is 5. The van der Waals surface area contributed by atoms with Gasteiger partial charge in [-0.2, -0.15) is 9.29 Å². The molecule has 2 aromatic rings. The van der Waals surface area contributed by atoms with E-state index in [1.807, 2.05) is 0 Å². The summed E-state index contributed by atoms with van der Waals surface area (Å²) in [4.78, 5) is 4.53. The molecule has 3 rings (SSSR count). The molecule has 9 heteroatoms. The zero-order valence-electron chi connectivity index (χ0n) is 13.4. The van der Waals surface area contributed by atoms with E-state index in [1.165, 1.54) is 11.4 Å². The van der Waals surface area contributed by atoms with Crippen molar-refractivity contribution >= 4 is 22.4 Å². The predicted octanol–water partition coefficient (Wildman–Crippen LogP) is 2.04. The van der Waals surface area contributed by atoms with E-state index >= 15 is 0 Å². The van der Waals surface area contributed by atoms with Gasteiger partial charge in [0.2, 0.25) is 15.9 Å². The first-order valence-corrected chi connectivity index (χ1v) is 8.99. The molecule has 0 spiro atoms. The maximum absolute atomic E-state index is 12.5. The van der Waals surface area contributed by atoms with Gasteiger partial charge in [-0.25, -0.2) is 8.42 Å². The van der Waals surface area contributed by atoms with Gasteiger partial charge in [-0.15, -0.1) is 12.4 Å². The van der Waals surface area contributed by atoms with E-state index in [2.05, 4.69) is 10.1 Å². The van der Waals surface area contributed by atoms with E-state index in [-0.39, 0.29) is 29.7 Å². The first kappa shape index (κ1) is 18.9. The van der Waals surface area contributed by atoms with Crippen LogP contribution in [0, 0.1) is 0 Å². The standard InChI is InChI=1S/C15H20N4O3S.ClH/c1-19(23(20,21)12-7-3-2-4-8-12)11-13-17-14(18-22-13)15(16)9-5-6-10-15;/h2-4,7-8H,5-6,9-11,16H2,1H3;1H. The predicted molar refractivity (Wildman–Crippen MR) is 91.0 cm³/mol. The Morgan fingerprint density at radius 3 is 2.50 bits per heavy atom. The Labute approximate surface area is 147 Å². The van der Waals surface area contributed by atoms with Crippen LogP contribution in [-0.2, 0) is 22.1 Å². The van der Waals surface area contributed by atoms with Crippen LogP contribution < -0.4 is 5.73 Å². The van der Waals surface area contributed by atoms with Gasteiger partial charge in [-0.1, -0.05) is 36.2 Å². The van der Waals surface area contributed by atoms with Crippen LogP contribution in [0.25, 0.3) is 0 Å². The van der Waals surface area contributed by atoms with Crippen molar-refractivity contribution in [3.05, 3.63) is 42.0 Å². The summed E-state index contributed by atoms with van der Waals surface area (Å²) in [6.07, 6.45) is 3.74. The molecule has 1 aliphatic carbocycles. The molecule has 0 radical (unpaired) electrons. The lowest BCUT2D eigenvalue weighted by molar-refractivity contribution is 0.323. The quantitative estimate of drug-likeness (QED) is 0.861. The number of nitrogens with two attached hydrogens (primary N) is 1. The molecular formula is C15H21ClN4O3S. The molecule has 0 amide bonds. The summed E-state index contributed by atoms with van der Waals surface area (Å²) in [5.41, 5.74) is 5.74. The highest BCUT2D eigenvalue weighted by Crippen LogP contribution is 2.34. The summed E-state index contributed by atoms with van der Waals surface area (Å²) in [5, 5.41) is 3.95. The van der Waals surface area contributed by atoms with Crippen LogP contribution in [0.1, 0.15) is 37.4 Å². The second kappa shape index (κ2) is 7.18. The summed E-state index contributed by atoms with van der Waals surface area (Å²) >= 11 is 0. The summed E-state index contributed by atoms with van der Waals surface area (Å²) < 4.78 is 31.3. The Balaban J connectivity index is 0.00000208. The lowest BCUT2D eigenvalue weighted by atomic mass is 9.99. The normalized spacial score (nSPS) is 17.0. The van der Waals surface area contributed by atoms with Crippen molar-refractivity contribution in [3.63, 3.8) is 0 Å². The van der Waals surface area contributed by atoms with Crippen molar-refractivity contribution < 1.29 is 12.9 Å². The lowest BCUT2D eigenvalue weighted by Gasteiger charge is -2.18. The maximum Gasteiger partial charge on any atom is 0.243 e. The van der Waals surface area contributed by atoms with Gasteiger partial charge in [0.15, 0.2) is 5.82 Å². The summed E-state index contributed by atoms with van der Waals surface area (Å²) in [5.74, 6) is 0.717. The molecular weight excluding hydrogens is 352 g/mol. The zero-order valence-corrected chi connectivity index (χ0v) is 15.0. The molecule has 132 valence electrons. The first-order chi connectivity index (χ1) is 10.9. The fourth-order valence-electron chi connectivity index (χ4n) is 2.80. The molecule has 1 aromatic heterocycles. The number of benzene rings is 1. The number of sulfonamides is 1. The number of aromatic nitrogens is 2. The average molecular weight is 373 g/mol. The third-order valence-electron chi connectivity index (χ3n) is 4.22. The lowest BCUT2D eigenvalue weighted by Crippen LogP contribution is -2.34. The fourth-order valence-corrected chi connectivity index (χ4v) is 3.94. The van der Waals surface area contributed by atoms with Gasteiger partial charge in [0, 0.05) is 7.05 Å². The largest absolute Gasteiger partial charge is 0.338 e. The van der Waals surface area contributed by atoms with Crippen LogP contribution in [0.3, 0.4) is 0 Å². The third kappa shape index (κ3) is 3.61. The van der Waals surface area contributed by atoms with Crippen LogP contribution in [-0.4, -0.2) is 29.9 Å². The van der Waals surface area contributed by atoms with Crippen molar-refractivity contribution in [2.75, 3.05) is 7.05 Å². The van der Waals surface area contributed by atoms with E-state index in [4.69, 9.17) is 10.3 Å². The molecule has 1 heterocycles. The summed E-state index contributed by atoms with van der Waals surface area (Å²) in [7, 11) is -2.10. The molecule has 0 unspecified atom stereocenters. The molecule has 1 aliphatic rings. The second-order valence-electron chi connectivity index (χ2n) is 5.95. The topological polar surface area (TPSA) is 102 Å². The first-order valence-electron chi connectivity index (χ1n) is 7.55. The van der Waals surface area contributed by atoms with Gasteiger partial charge in [-0.05, 0) is 25.0 Å². The van der Waals surface area contributed by atoms with E-state index < -0.39 is 15.6 Å². The van der Waals surface area contributed by atoms with Crippen molar-refractivity contribution in [1.82, 2.24) is 14.4 Å². The molecule has 0 saturated heterocycles. The van der Waals surface area contributed by atoms with E-state index in [1.54, 1.807) is 30.3 Å². The number of halogens is 1. The summed E-state index contributed by atoms with van der Waals surface area (Å²) in [6, 6.07) is 8.25. The van der Waals surface area contributed by atoms with Crippen LogP contribution in [0.15, 0.2) is 39.8 Å². The molecule has 0 aliphatic heterocycles. The minimum Gasteiger partial charge on any atom is -0.338 e. The van der Waals surface area contributed by atoms with Crippen LogP contribution in [0.4, 0.5) is 0 Å². The van der Waals surface area contributed by atoms with Gasteiger partial charge < -0.3 is 10.3 Å². The smallest absolute Gasteiger partial charge is 0.243 e. The highest BCUT2D eigenvalue weighted by molar-refractivity contribution is 7.89. The van der Waals surface area contributed by atoms with E-state index in [0.717, 1.165) is 25.7 Å². The monoisotopic (exact) mass is 372 g/mol. The number of nitrogens with zero attached hydrogens (tertiary/aromatic N) is 3. The molecule has 24 heavy (non-hydrogen) atoms. The summed E-state index contributed by atoms with van der Waals surface area (Å²) in [6.45, 7) is 0.0142. The molecule has 1 aromatic carbocycles. The Morgan fingerprint density at radius 2 is 1.88 bits per heavy atom. The average Bonchev–Trinajstić information content (AvgIpc) is 3.18. The van der Waals surface area contributed by atoms with Crippen LogP contribution in [0.5, 0.6) is 0 Å².